The number of rotatable bonds is 4. The maximum atomic E-state index is 12.9. The number of aromatic nitrogens is 2. The zero-order chi connectivity index (χ0) is 19.1. The van der Waals surface area contributed by atoms with Crippen LogP contribution in [0.2, 0.25) is 0 Å². The summed E-state index contributed by atoms with van der Waals surface area (Å²) in [4.78, 5) is 30.3. The summed E-state index contributed by atoms with van der Waals surface area (Å²) in [6, 6.07) is 15.5. The van der Waals surface area contributed by atoms with Crippen molar-refractivity contribution in [2.75, 3.05) is 5.43 Å². The van der Waals surface area contributed by atoms with Crippen LogP contribution in [-0.2, 0) is 4.79 Å². The lowest BCUT2D eigenvalue weighted by Crippen LogP contribution is -2.37. The second kappa shape index (κ2) is 6.65. The molecule has 1 saturated carbocycles. The second-order valence-electron chi connectivity index (χ2n) is 7.62. The van der Waals surface area contributed by atoms with E-state index in [1.165, 1.54) is 15.8 Å². The minimum Gasteiger partial charge on any atom is -0.273 e. The smallest absolute Gasteiger partial charge is 0.273 e. The third-order valence-corrected chi connectivity index (χ3v) is 5.17. The molecule has 0 radical (unpaired) electrons. The molecular weight excluding hydrogens is 338 g/mol. The fourth-order valence-electron chi connectivity index (χ4n) is 3.51. The maximum absolute atomic E-state index is 12.9. The van der Waals surface area contributed by atoms with Gasteiger partial charge in [0.1, 0.15) is 5.82 Å². The molecule has 1 heterocycles. The van der Waals surface area contributed by atoms with Crippen molar-refractivity contribution in [1.82, 2.24) is 9.66 Å². The summed E-state index contributed by atoms with van der Waals surface area (Å²) in [6.07, 6.45) is 0.807. The van der Waals surface area contributed by atoms with E-state index in [0.29, 0.717) is 16.7 Å². The highest BCUT2D eigenvalue weighted by Gasteiger charge is 2.44. The lowest BCUT2D eigenvalue weighted by atomic mass is 10.1. The lowest BCUT2D eigenvalue weighted by Gasteiger charge is -2.16. The van der Waals surface area contributed by atoms with Gasteiger partial charge in [0.25, 0.3) is 5.56 Å². The zero-order valence-electron chi connectivity index (χ0n) is 15.8. The molecule has 1 amide bonds. The van der Waals surface area contributed by atoms with E-state index in [1.54, 1.807) is 12.1 Å². The van der Waals surface area contributed by atoms with E-state index in [0.717, 1.165) is 6.42 Å². The predicted octanol–water partition coefficient (Wildman–Crippen LogP) is 3.70. The van der Waals surface area contributed by atoms with Crippen LogP contribution in [0.1, 0.15) is 49.1 Å². The van der Waals surface area contributed by atoms with Crippen LogP contribution in [0.5, 0.6) is 0 Å². The number of para-hydroxylation sites is 1. The molecule has 0 aliphatic heterocycles. The van der Waals surface area contributed by atoms with Crippen LogP contribution in [0, 0.1) is 12.8 Å². The number of hydrogen-bond acceptors (Lipinski definition) is 3. The molecule has 3 aromatic rings. The number of aryl methyl sites for hydroxylation is 1. The average molecular weight is 361 g/mol. The van der Waals surface area contributed by atoms with E-state index in [9.17, 15) is 9.59 Å². The molecule has 1 N–H and O–H groups in total. The van der Waals surface area contributed by atoms with Crippen molar-refractivity contribution >= 4 is 16.8 Å². The summed E-state index contributed by atoms with van der Waals surface area (Å²) in [5, 5.41) is 0.507. The number of nitrogens with zero attached hydrogens (tertiary/aromatic N) is 2. The van der Waals surface area contributed by atoms with E-state index < -0.39 is 0 Å². The Bertz CT molecular complexity index is 1070. The maximum Gasteiger partial charge on any atom is 0.280 e. The molecule has 1 aromatic heterocycles. The highest BCUT2D eigenvalue weighted by atomic mass is 16.2. The Labute approximate surface area is 158 Å². The molecule has 2 atom stereocenters. The van der Waals surface area contributed by atoms with E-state index in [4.69, 9.17) is 0 Å². The Hall–Kier alpha value is -2.95. The van der Waals surface area contributed by atoms with Gasteiger partial charge in [-0.25, -0.2) is 9.66 Å². The van der Waals surface area contributed by atoms with Gasteiger partial charge in [0.2, 0.25) is 5.91 Å². The molecular formula is C22H23N3O2. The number of amides is 1. The van der Waals surface area contributed by atoms with E-state index in [-0.39, 0.29) is 29.2 Å². The highest BCUT2D eigenvalue weighted by Crippen LogP contribution is 2.47. The van der Waals surface area contributed by atoms with Crippen molar-refractivity contribution in [2.45, 2.75) is 39.0 Å². The fourth-order valence-corrected chi connectivity index (χ4v) is 3.51. The summed E-state index contributed by atoms with van der Waals surface area (Å²) in [7, 11) is 0. The minimum absolute atomic E-state index is 0.00899. The number of nitrogens with one attached hydrogen (secondary N) is 1. The van der Waals surface area contributed by atoms with Gasteiger partial charge in [-0.1, -0.05) is 55.8 Å². The molecule has 1 fully saturated rings. The molecule has 0 spiro atoms. The first kappa shape index (κ1) is 17.5. The summed E-state index contributed by atoms with van der Waals surface area (Å²) in [6.45, 7) is 5.98. The normalized spacial score (nSPS) is 18.7. The van der Waals surface area contributed by atoms with Gasteiger partial charge in [0, 0.05) is 11.8 Å². The van der Waals surface area contributed by atoms with Crippen LogP contribution < -0.4 is 11.0 Å². The molecule has 1 aliphatic rings. The van der Waals surface area contributed by atoms with Gasteiger partial charge in [-0.2, -0.15) is 0 Å². The van der Waals surface area contributed by atoms with Gasteiger partial charge in [0.05, 0.1) is 10.9 Å². The molecule has 0 unspecified atom stereocenters. The molecule has 4 rings (SSSR count). The van der Waals surface area contributed by atoms with Gasteiger partial charge in [0.15, 0.2) is 0 Å². The van der Waals surface area contributed by atoms with Gasteiger partial charge >= 0.3 is 0 Å². The molecule has 5 heteroatoms. The lowest BCUT2D eigenvalue weighted by molar-refractivity contribution is -0.118. The van der Waals surface area contributed by atoms with Crippen LogP contribution >= 0.6 is 0 Å². The Morgan fingerprint density at radius 3 is 2.56 bits per heavy atom. The number of benzene rings is 2. The summed E-state index contributed by atoms with van der Waals surface area (Å²) >= 11 is 0. The van der Waals surface area contributed by atoms with Crippen LogP contribution in [0.3, 0.4) is 0 Å². The van der Waals surface area contributed by atoms with Crippen LogP contribution in [0.25, 0.3) is 10.9 Å². The first-order valence-corrected chi connectivity index (χ1v) is 9.35. The van der Waals surface area contributed by atoms with Crippen molar-refractivity contribution in [3.05, 3.63) is 75.8 Å². The third-order valence-electron chi connectivity index (χ3n) is 5.17. The average Bonchev–Trinajstić information content (AvgIpc) is 3.45. The van der Waals surface area contributed by atoms with Crippen LogP contribution in [0.15, 0.2) is 53.3 Å². The first-order valence-electron chi connectivity index (χ1n) is 9.35. The van der Waals surface area contributed by atoms with Crippen molar-refractivity contribution in [3.63, 3.8) is 0 Å². The predicted molar refractivity (Wildman–Crippen MR) is 106 cm³/mol. The standard InChI is InChI=1S/C22H23N3O2/c1-13(2)20-23-19-7-5-4-6-16(19)22(27)25(20)24-21(26)18-12-17(18)15-10-8-14(3)9-11-15/h4-11,13,17-18H,12H2,1-3H3,(H,24,26)/t17-,18+/m0/s1. The monoisotopic (exact) mass is 361 g/mol. The SMILES string of the molecule is Cc1ccc([C@@H]2C[C@H]2C(=O)Nn2c(C(C)C)nc3ccccc3c2=O)cc1. The quantitative estimate of drug-likeness (QED) is 0.771. The largest absolute Gasteiger partial charge is 0.280 e. The summed E-state index contributed by atoms with van der Waals surface area (Å²) in [5.41, 5.74) is 5.63. The molecule has 0 saturated heterocycles. The minimum atomic E-state index is -0.231. The molecule has 5 nitrogen and oxygen atoms in total. The topological polar surface area (TPSA) is 64.0 Å². The zero-order valence-corrected chi connectivity index (χ0v) is 15.8. The first-order chi connectivity index (χ1) is 13.0. The van der Waals surface area contributed by atoms with Gasteiger partial charge in [-0.15, -0.1) is 0 Å². The molecule has 2 aromatic carbocycles. The van der Waals surface area contributed by atoms with E-state index in [1.807, 2.05) is 32.9 Å². The molecule has 0 bridgehead atoms. The number of carbonyl (C=O) groups excluding carboxylic acids is 1. The Morgan fingerprint density at radius 2 is 1.85 bits per heavy atom. The van der Waals surface area contributed by atoms with Gasteiger partial charge < -0.3 is 0 Å². The molecule has 138 valence electrons. The Balaban J connectivity index is 1.62. The summed E-state index contributed by atoms with van der Waals surface area (Å²) < 4.78 is 1.33. The van der Waals surface area contributed by atoms with Crippen molar-refractivity contribution < 1.29 is 4.79 Å². The van der Waals surface area contributed by atoms with Crippen molar-refractivity contribution in [2.24, 2.45) is 5.92 Å². The fraction of sp³-hybridized carbons (Fsp3) is 0.318. The van der Waals surface area contributed by atoms with Crippen LogP contribution in [0.4, 0.5) is 0 Å². The third kappa shape index (κ3) is 3.25. The Morgan fingerprint density at radius 1 is 1.15 bits per heavy atom. The Kier molecular flexibility index (Phi) is 4.30. The number of carbonyl (C=O) groups is 1. The van der Waals surface area contributed by atoms with E-state index in [2.05, 4.69) is 34.7 Å². The molecule has 27 heavy (non-hydrogen) atoms. The van der Waals surface area contributed by atoms with Crippen LogP contribution in [-0.4, -0.2) is 15.6 Å². The number of hydrogen-bond donors (Lipinski definition) is 1. The van der Waals surface area contributed by atoms with E-state index >= 15 is 0 Å². The number of fused-ring (bicyclic) bond motifs is 1. The summed E-state index contributed by atoms with van der Waals surface area (Å²) in [5.74, 6) is 0.569. The second-order valence-corrected chi connectivity index (χ2v) is 7.62. The highest BCUT2D eigenvalue weighted by molar-refractivity contribution is 5.90. The van der Waals surface area contributed by atoms with Crippen molar-refractivity contribution in [3.8, 4) is 0 Å². The molecule has 1 aliphatic carbocycles. The van der Waals surface area contributed by atoms with Gasteiger partial charge in [-0.3, -0.25) is 15.0 Å². The van der Waals surface area contributed by atoms with Gasteiger partial charge in [-0.05, 0) is 37.0 Å². The van der Waals surface area contributed by atoms with Crippen molar-refractivity contribution in [1.29, 1.82) is 0 Å².